The maximum atomic E-state index is 13.1. The molecule has 1 rings (SSSR count). The van der Waals surface area contributed by atoms with E-state index in [9.17, 15) is 8.78 Å². The van der Waals surface area contributed by atoms with Crippen LogP contribution in [0.2, 0.25) is 0 Å². The minimum Gasteiger partial charge on any atom is -0.302 e. The van der Waals surface area contributed by atoms with Crippen molar-refractivity contribution in [1.82, 2.24) is 4.90 Å². The van der Waals surface area contributed by atoms with Crippen molar-refractivity contribution in [2.75, 3.05) is 19.6 Å². The zero-order valence-electron chi connectivity index (χ0n) is 8.69. The minimum absolute atomic E-state index is 0.0287. The first-order chi connectivity index (χ1) is 5.92. The molecular weight excluding hydrogens is 172 g/mol. The number of rotatable bonds is 2. The molecule has 13 heavy (non-hydrogen) atoms. The molecule has 0 bridgehead atoms. The van der Waals surface area contributed by atoms with Crippen LogP contribution in [0.25, 0.3) is 0 Å². The summed E-state index contributed by atoms with van der Waals surface area (Å²) in [7, 11) is 0. The normalized spacial score (nSPS) is 29.5. The van der Waals surface area contributed by atoms with Crippen molar-refractivity contribution in [2.24, 2.45) is 11.8 Å². The van der Waals surface area contributed by atoms with Crippen molar-refractivity contribution in [1.29, 1.82) is 0 Å². The second kappa shape index (κ2) is 3.91. The van der Waals surface area contributed by atoms with Gasteiger partial charge in [0.2, 0.25) is 0 Å². The third-order valence-corrected chi connectivity index (χ3v) is 2.64. The smallest absolute Gasteiger partial charge is 0.253 e. The maximum Gasteiger partial charge on any atom is 0.253 e. The van der Waals surface area contributed by atoms with Gasteiger partial charge >= 0.3 is 0 Å². The van der Waals surface area contributed by atoms with Crippen LogP contribution in [0.5, 0.6) is 0 Å². The van der Waals surface area contributed by atoms with Crippen LogP contribution in [-0.4, -0.2) is 30.5 Å². The molecule has 0 amide bonds. The summed E-state index contributed by atoms with van der Waals surface area (Å²) in [6.45, 7) is 7.93. The number of hydrogen-bond acceptors (Lipinski definition) is 1. The van der Waals surface area contributed by atoms with Gasteiger partial charge in [0.15, 0.2) is 0 Å². The zero-order chi connectivity index (χ0) is 10.1. The number of nitrogens with zero attached hydrogens (tertiary/aromatic N) is 1. The van der Waals surface area contributed by atoms with E-state index in [1.807, 2.05) is 0 Å². The van der Waals surface area contributed by atoms with E-state index in [0.29, 0.717) is 19.0 Å². The summed E-state index contributed by atoms with van der Waals surface area (Å²) in [6.07, 6.45) is 0.0287. The molecule has 1 heterocycles. The standard InChI is InChI=1S/C10H19F2N/c1-8(2)6-13-5-4-10(11,12)9(3)7-13/h8-9H,4-7H2,1-3H3/t9-/m1/s1. The third kappa shape index (κ3) is 2.90. The molecule has 1 atom stereocenters. The Kier molecular flexibility index (Phi) is 3.28. The summed E-state index contributed by atoms with van der Waals surface area (Å²) in [6, 6.07) is 0. The molecule has 0 aromatic rings. The van der Waals surface area contributed by atoms with E-state index < -0.39 is 11.8 Å². The molecule has 0 aliphatic carbocycles. The molecule has 1 saturated heterocycles. The highest BCUT2D eigenvalue weighted by Crippen LogP contribution is 2.32. The van der Waals surface area contributed by atoms with Gasteiger partial charge in [-0.15, -0.1) is 0 Å². The second-order valence-corrected chi connectivity index (χ2v) is 4.57. The second-order valence-electron chi connectivity index (χ2n) is 4.57. The SMILES string of the molecule is CC(C)CN1CCC(F)(F)[C@H](C)C1. The Bertz CT molecular complexity index is 168. The van der Waals surface area contributed by atoms with Crippen LogP contribution in [0, 0.1) is 11.8 Å². The average molecular weight is 191 g/mol. The summed E-state index contributed by atoms with van der Waals surface area (Å²) in [4.78, 5) is 2.15. The van der Waals surface area contributed by atoms with Crippen molar-refractivity contribution in [2.45, 2.75) is 33.1 Å². The number of hydrogen-bond donors (Lipinski definition) is 0. The van der Waals surface area contributed by atoms with Gasteiger partial charge in [-0.05, 0) is 5.92 Å². The van der Waals surface area contributed by atoms with Gasteiger partial charge in [-0.1, -0.05) is 20.8 Å². The highest BCUT2D eigenvalue weighted by molar-refractivity contribution is 4.83. The Morgan fingerprint density at radius 3 is 2.54 bits per heavy atom. The van der Waals surface area contributed by atoms with E-state index in [-0.39, 0.29) is 6.42 Å². The van der Waals surface area contributed by atoms with E-state index in [1.165, 1.54) is 0 Å². The number of alkyl halides is 2. The van der Waals surface area contributed by atoms with Gasteiger partial charge in [-0.25, -0.2) is 8.78 Å². The Balaban J connectivity index is 2.42. The summed E-state index contributed by atoms with van der Waals surface area (Å²) in [5, 5.41) is 0. The van der Waals surface area contributed by atoms with Crippen molar-refractivity contribution in [3.63, 3.8) is 0 Å². The molecular formula is C10H19F2N. The van der Waals surface area contributed by atoms with Crippen molar-refractivity contribution >= 4 is 0 Å². The fraction of sp³-hybridized carbons (Fsp3) is 1.00. The van der Waals surface area contributed by atoms with E-state index in [0.717, 1.165) is 6.54 Å². The predicted octanol–water partition coefficient (Wildman–Crippen LogP) is 2.62. The maximum absolute atomic E-state index is 13.1. The Morgan fingerprint density at radius 1 is 1.46 bits per heavy atom. The molecule has 0 aromatic heterocycles. The highest BCUT2D eigenvalue weighted by atomic mass is 19.3. The van der Waals surface area contributed by atoms with Gasteiger partial charge in [-0.3, -0.25) is 0 Å². The first kappa shape index (κ1) is 10.9. The molecule has 0 saturated carbocycles. The van der Waals surface area contributed by atoms with Crippen LogP contribution < -0.4 is 0 Å². The molecule has 78 valence electrons. The molecule has 0 N–H and O–H groups in total. The van der Waals surface area contributed by atoms with Gasteiger partial charge in [-0.2, -0.15) is 0 Å². The fourth-order valence-electron chi connectivity index (χ4n) is 1.85. The molecule has 1 aliphatic heterocycles. The third-order valence-electron chi connectivity index (χ3n) is 2.64. The van der Waals surface area contributed by atoms with Crippen molar-refractivity contribution in [3.05, 3.63) is 0 Å². The van der Waals surface area contributed by atoms with Crippen LogP contribution in [0.15, 0.2) is 0 Å². The van der Waals surface area contributed by atoms with Gasteiger partial charge in [0.25, 0.3) is 5.92 Å². The van der Waals surface area contributed by atoms with Gasteiger partial charge < -0.3 is 4.90 Å². The first-order valence-electron chi connectivity index (χ1n) is 5.02. The molecule has 0 aromatic carbocycles. The largest absolute Gasteiger partial charge is 0.302 e. The number of halogens is 2. The fourth-order valence-corrected chi connectivity index (χ4v) is 1.85. The quantitative estimate of drug-likeness (QED) is 0.648. The van der Waals surface area contributed by atoms with E-state index in [2.05, 4.69) is 18.7 Å². The molecule has 1 fully saturated rings. The van der Waals surface area contributed by atoms with E-state index in [1.54, 1.807) is 6.92 Å². The topological polar surface area (TPSA) is 3.24 Å². The first-order valence-corrected chi connectivity index (χ1v) is 5.02. The lowest BCUT2D eigenvalue weighted by Crippen LogP contribution is -2.46. The number of likely N-dealkylation sites (tertiary alicyclic amines) is 1. The minimum atomic E-state index is -2.44. The molecule has 1 nitrogen and oxygen atoms in total. The van der Waals surface area contributed by atoms with Gasteiger partial charge in [0.1, 0.15) is 0 Å². The van der Waals surface area contributed by atoms with E-state index in [4.69, 9.17) is 0 Å². The van der Waals surface area contributed by atoms with Crippen molar-refractivity contribution < 1.29 is 8.78 Å². The lowest BCUT2D eigenvalue weighted by atomic mass is 9.95. The molecule has 0 unspecified atom stereocenters. The molecule has 0 spiro atoms. The number of piperidine rings is 1. The highest BCUT2D eigenvalue weighted by Gasteiger charge is 2.40. The van der Waals surface area contributed by atoms with Gasteiger partial charge in [0, 0.05) is 32.0 Å². The monoisotopic (exact) mass is 191 g/mol. The predicted molar refractivity (Wildman–Crippen MR) is 50.0 cm³/mol. The summed E-state index contributed by atoms with van der Waals surface area (Å²) in [5.41, 5.74) is 0. The lowest BCUT2D eigenvalue weighted by molar-refractivity contribution is -0.100. The van der Waals surface area contributed by atoms with E-state index >= 15 is 0 Å². The Hall–Kier alpha value is -0.180. The van der Waals surface area contributed by atoms with Crippen LogP contribution in [0.1, 0.15) is 27.2 Å². The van der Waals surface area contributed by atoms with Crippen LogP contribution >= 0.6 is 0 Å². The average Bonchev–Trinajstić information content (AvgIpc) is 1.97. The van der Waals surface area contributed by atoms with Crippen LogP contribution in [0.4, 0.5) is 8.78 Å². The van der Waals surface area contributed by atoms with Gasteiger partial charge in [0.05, 0.1) is 0 Å². The molecule has 3 heteroatoms. The summed E-state index contributed by atoms with van der Waals surface area (Å²) in [5.74, 6) is -2.35. The summed E-state index contributed by atoms with van der Waals surface area (Å²) >= 11 is 0. The Morgan fingerprint density at radius 2 is 2.08 bits per heavy atom. The van der Waals surface area contributed by atoms with Crippen molar-refractivity contribution in [3.8, 4) is 0 Å². The molecule has 0 radical (unpaired) electrons. The molecule has 1 aliphatic rings. The lowest BCUT2D eigenvalue weighted by Gasteiger charge is -2.37. The van der Waals surface area contributed by atoms with Crippen LogP contribution in [0.3, 0.4) is 0 Å². The summed E-state index contributed by atoms with van der Waals surface area (Å²) < 4.78 is 26.2. The zero-order valence-corrected chi connectivity index (χ0v) is 8.69. The Labute approximate surface area is 79.1 Å². The van der Waals surface area contributed by atoms with Crippen LogP contribution in [-0.2, 0) is 0 Å².